The summed E-state index contributed by atoms with van der Waals surface area (Å²) >= 11 is 0. The number of nitro groups is 2. The predicted molar refractivity (Wildman–Crippen MR) is 157 cm³/mol. The number of aromatic nitrogens is 4. The summed E-state index contributed by atoms with van der Waals surface area (Å²) in [7, 11) is 0. The van der Waals surface area contributed by atoms with Gasteiger partial charge in [0.1, 0.15) is 0 Å². The maximum Gasteiger partial charge on any atom is 0.355 e. The number of carboxylic acids is 2. The lowest BCUT2D eigenvalue weighted by molar-refractivity contribution is -0.385. The highest BCUT2D eigenvalue weighted by Crippen LogP contribution is 2.25. The van der Waals surface area contributed by atoms with Crippen LogP contribution in [0.1, 0.15) is 21.0 Å². The van der Waals surface area contributed by atoms with E-state index in [0.29, 0.717) is 32.9 Å². The zero-order valence-electron chi connectivity index (χ0n) is 22.3. The average molecular weight is 591 g/mol. The number of hydrogen-bond donors (Lipinski definition) is 2. The first kappa shape index (κ1) is 28.8. The molecule has 216 valence electrons. The van der Waals surface area contributed by atoms with Gasteiger partial charge >= 0.3 is 11.9 Å². The normalized spacial score (nSPS) is 10.5. The Kier molecular flexibility index (Phi) is 7.88. The Labute approximate surface area is 246 Å². The summed E-state index contributed by atoms with van der Waals surface area (Å²) < 4.78 is 0. The number of carbonyl (C=O) groups is 2. The fourth-order valence-electron chi connectivity index (χ4n) is 4.20. The fraction of sp³-hybridized carbons (Fsp3) is 0. The number of nitrogens with zero attached hydrogens (tertiary/aromatic N) is 6. The highest BCUT2D eigenvalue weighted by atomic mass is 16.6. The van der Waals surface area contributed by atoms with Crippen molar-refractivity contribution in [1.29, 1.82) is 0 Å². The Hall–Kier alpha value is -6.70. The third kappa shape index (κ3) is 5.99. The molecule has 0 aliphatic heterocycles. The molecule has 14 nitrogen and oxygen atoms in total. The van der Waals surface area contributed by atoms with Crippen molar-refractivity contribution in [3.05, 3.63) is 129 Å². The number of nitro benzene ring substituents is 2. The van der Waals surface area contributed by atoms with Crippen molar-refractivity contribution in [3.8, 4) is 22.8 Å². The van der Waals surface area contributed by atoms with Crippen LogP contribution < -0.4 is 0 Å². The van der Waals surface area contributed by atoms with Gasteiger partial charge in [-0.3, -0.25) is 20.2 Å². The summed E-state index contributed by atoms with van der Waals surface area (Å²) in [6.07, 6.45) is 0. The van der Waals surface area contributed by atoms with Crippen LogP contribution in [0.5, 0.6) is 0 Å². The van der Waals surface area contributed by atoms with Crippen LogP contribution >= 0.6 is 0 Å². The molecule has 2 N–H and O–H groups in total. The largest absolute Gasteiger partial charge is 0.476 e. The number of non-ortho nitro benzene ring substituents is 2. The second-order valence-corrected chi connectivity index (χ2v) is 9.04. The molecule has 6 rings (SSSR count). The van der Waals surface area contributed by atoms with Crippen molar-refractivity contribution >= 4 is 45.1 Å². The van der Waals surface area contributed by atoms with Gasteiger partial charge < -0.3 is 10.2 Å². The summed E-state index contributed by atoms with van der Waals surface area (Å²) in [6.45, 7) is 0. The van der Waals surface area contributed by atoms with Crippen LogP contribution in [-0.4, -0.2) is 51.9 Å². The van der Waals surface area contributed by atoms with Crippen LogP contribution in [0.4, 0.5) is 11.4 Å². The molecule has 44 heavy (non-hydrogen) atoms. The second-order valence-electron chi connectivity index (χ2n) is 9.04. The molecule has 4 aromatic carbocycles. The van der Waals surface area contributed by atoms with E-state index < -0.39 is 21.8 Å². The van der Waals surface area contributed by atoms with Gasteiger partial charge in [0.2, 0.25) is 0 Å². The maximum atomic E-state index is 11.4. The number of para-hydroxylation sites is 2. The number of rotatable bonds is 6. The highest BCUT2D eigenvalue weighted by molar-refractivity contribution is 6.02. The first-order chi connectivity index (χ1) is 21.1. The van der Waals surface area contributed by atoms with E-state index in [0.717, 1.165) is 0 Å². The summed E-state index contributed by atoms with van der Waals surface area (Å²) in [5, 5.41) is 40.8. The van der Waals surface area contributed by atoms with Crippen LogP contribution in [0, 0.1) is 20.2 Å². The number of benzene rings is 4. The van der Waals surface area contributed by atoms with Crippen molar-refractivity contribution in [2.24, 2.45) is 0 Å². The molecule has 0 bridgehead atoms. The average Bonchev–Trinajstić information content (AvgIpc) is 3.04. The van der Waals surface area contributed by atoms with Crippen molar-refractivity contribution < 1.29 is 29.6 Å². The Morgan fingerprint density at radius 3 is 1.18 bits per heavy atom. The molecule has 0 saturated heterocycles. The van der Waals surface area contributed by atoms with Crippen molar-refractivity contribution in [2.45, 2.75) is 0 Å². The van der Waals surface area contributed by atoms with E-state index in [-0.39, 0.29) is 34.4 Å². The lowest BCUT2D eigenvalue weighted by Gasteiger charge is -2.05. The molecule has 0 aliphatic carbocycles. The van der Waals surface area contributed by atoms with E-state index >= 15 is 0 Å². The Balaban J connectivity index is 0.000000175. The predicted octanol–water partition coefficient (Wildman–Crippen LogP) is 5.81. The number of fused-ring (bicyclic) bond motifs is 2. The van der Waals surface area contributed by atoms with Gasteiger partial charge in [-0.05, 0) is 36.4 Å². The van der Waals surface area contributed by atoms with E-state index in [2.05, 4.69) is 19.9 Å². The molecular weight excluding hydrogens is 572 g/mol. The minimum atomic E-state index is -1.15. The molecule has 0 unspecified atom stereocenters. The number of hydrogen-bond acceptors (Lipinski definition) is 10. The molecule has 2 heterocycles. The molecular formula is C30H18N6O8. The third-order valence-electron chi connectivity index (χ3n) is 6.28. The molecule has 0 spiro atoms. The minimum absolute atomic E-state index is 0.0528. The van der Waals surface area contributed by atoms with Gasteiger partial charge in [-0.25, -0.2) is 29.5 Å². The first-order valence-electron chi connectivity index (χ1n) is 12.6. The summed E-state index contributed by atoms with van der Waals surface area (Å²) in [5.41, 5.74) is 1.73. The highest BCUT2D eigenvalue weighted by Gasteiger charge is 2.16. The molecule has 0 fully saturated rings. The number of carboxylic acid groups (broad SMARTS) is 2. The Morgan fingerprint density at radius 2 is 0.864 bits per heavy atom. The monoisotopic (exact) mass is 590 g/mol. The van der Waals surface area contributed by atoms with Gasteiger partial charge in [0.15, 0.2) is 23.0 Å². The molecule has 0 saturated carbocycles. The zero-order chi connectivity index (χ0) is 31.4. The van der Waals surface area contributed by atoms with Gasteiger partial charge in [-0.1, -0.05) is 36.4 Å². The van der Waals surface area contributed by atoms with Gasteiger partial charge in [0.25, 0.3) is 11.4 Å². The maximum absolute atomic E-state index is 11.4. The topological polar surface area (TPSA) is 212 Å². The van der Waals surface area contributed by atoms with E-state index in [1.54, 1.807) is 48.5 Å². The van der Waals surface area contributed by atoms with E-state index in [9.17, 15) is 40.0 Å². The quantitative estimate of drug-likeness (QED) is 0.174. The van der Waals surface area contributed by atoms with Crippen molar-refractivity contribution in [2.75, 3.05) is 0 Å². The van der Waals surface area contributed by atoms with Crippen molar-refractivity contribution in [3.63, 3.8) is 0 Å². The Bertz CT molecular complexity index is 1930. The first-order valence-corrected chi connectivity index (χ1v) is 12.6. The summed E-state index contributed by atoms with van der Waals surface area (Å²) in [6, 6.07) is 24.9. The van der Waals surface area contributed by atoms with Crippen LogP contribution in [0.3, 0.4) is 0 Å². The van der Waals surface area contributed by atoms with E-state index in [4.69, 9.17) is 0 Å². The standard InChI is InChI=1S/2C15H9N3O4/c2*19-15(20)13-11-3-1-2-4-12(11)16-14(17-13)9-5-7-10(8-6-9)18(21)22/h2*1-8H,(H,19,20). The van der Waals surface area contributed by atoms with Crippen LogP contribution in [0.15, 0.2) is 97.1 Å². The summed E-state index contributed by atoms with van der Waals surface area (Å²) in [5.74, 6) is -1.87. The molecule has 2 aromatic heterocycles. The van der Waals surface area contributed by atoms with E-state index in [1.165, 1.54) is 48.5 Å². The van der Waals surface area contributed by atoms with E-state index in [1.807, 2.05) is 0 Å². The third-order valence-corrected chi connectivity index (χ3v) is 6.28. The molecule has 14 heteroatoms. The fourth-order valence-corrected chi connectivity index (χ4v) is 4.20. The smallest absolute Gasteiger partial charge is 0.355 e. The van der Waals surface area contributed by atoms with Crippen molar-refractivity contribution in [1.82, 2.24) is 19.9 Å². The van der Waals surface area contributed by atoms with Gasteiger partial charge in [-0.2, -0.15) is 0 Å². The Morgan fingerprint density at radius 1 is 0.523 bits per heavy atom. The lowest BCUT2D eigenvalue weighted by atomic mass is 10.1. The SMILES string of the molecule is O=C(O)c1nc(-c2ccc([N+](=O)[O-])cc2)nc2ccccc12.O=C(O)c1nc(-c2ccc([N+](=O)[O-])cc2)nc2ccccc12. The molecule has 0 atom stereocenters. The van der Waals surface area contributed by atoms with Crippen LogP contribution in [-0.2, 0) is 0 Å². The molecule has 0 aliphatic rings. The lowest BCUT2D eigenvalue weighted by Crippen LogP contribution is -2.04. The van der Waals surface area contributed by atoms with Gasteiger partial charge in [0.05, 0.1) is 20.9 Å². The molecule has 6 aromatic rings. The molecule has 0 radical (unpaired) electrons. The van der Waals surface area contributed by atoms with Crippen LogP contribution in [0.2, 0.25) is 0 Å². The molecule has 0 amide bonds. The summed E-state index contributed by atoms with van der Waals surface area (Å²) in [4.78, 5) is 59.8. The van der Waals surface area contributed by atoms with Gasteiger partial charge in [0, 0.05) is 46.2 Å². The van der Waals surface area contributed by atoms with Gasteiger partial charge in [-0.15, -0.1) is 0 Å². The number of aromatic carboxylic acids is 2. The van der Waals surface area contributed by atoms with Crippen LogP contribution in [0.25, 0.3) is 44.6 Å². The minimum Gasteiger partial charge on any atom is -0.476 e. The zero-order valence-corrected chi connectivity index (χ0v) is 22.3. The second kappa shape index (κ2) is 12.0.